The molecular formula is C29H36N2O5S. The Morgan fingerprint density at radius 2 is 1.86 bits per heavy atom. The van der Waals surface area contributed by atoms with Crippen LogP contribution in [0.1, 0.15) is 44.1 Å². The number of fused-ring (bicyclic) bond motifs is 2. The molecule has 0 aromatic heterocycles. The molecule has 4 heterocycles. The van der Waals surface area contributed by atoms with Gasteiger partial charge in [0.2, 0.25) is 11.8 Å². The summed E-state index contributed by atoms with van der Waals surface area (Å²) in [6.07, 6.45) is 13.0. The van der Waals surface area contributed by atoms with E-state index in [0.717, 1.165) is 31.2 Å². The number of ether oxygens (including phenoxy) is 1. The molecule has 4 aliphatic heterocycles. The second-order valence-corrected chi connectivity index (χ2v) is 11.8. The summed E-state index contributed by atoms with van der Waals surface area (Å²) < 4.78 is 4.85. The van der Waals surface area contributed by atoms with E-state index in [9.17, 15) is 19.5 Å². The second-order valence-electron chi connectivity index (χ2n) is 10.4. The fourth-order valence-corrected chi connectivity index (χ4v) is 8.22. The number of carbonyl (C=O) groups is 3. The second kappa shape index (κ2) is 11.4. The minimum Gasteiger partial charge on any atom is -0.465 e. The molecule has 1 aromatic carbocycles. The number of unbranched alkanes of at least 4 members (excludes halogenated alkanes) is 2. The van der Waals surface area contributed by atoms with E-state index in [4.69, 9.17) is 4.74 Å². The van der Waals surface area contributed by atoms with Crippen molar-refractivity contribution in [2.75, 3.05) is 26.3 Å². The minimum atomic E-state index is -0.816. The van der Waals surface area contributed by atoms with Crippen molar-refractivity contribution in [3.63, 3.8) is 0 Å². The van der Waals surface area contributed by atoms with Crippen LogP contribution in [0.4, 0.5) is 0 Å². The summed E-state index contributed by atoms with van der Waals surface area (Å²) in [5.41, 5.74) is 1.04. The van der Waals surface area contributed by atoms with Crippen molar-refractivity contribution in [2.24, 2.45) is 11.8 Å². The van der Waals surface area contributed by atoms with Crippen molar-refractivity contribution >= 4 is 29.5 Å². The molecule has 198 valence electrons. The topological polar surface area (TPSA) is 87.2 Å². The van der Waals surface area contributed by atoms with Crippen molar-refractivity contribution < 1.29 is 24.2 Å². The summed E-state index contributed by atoms with van der Waals surface area (Å²) in [7, 11) is 0. The molecule has 7 nitrogen and oxygen atoms in total. The molecule has 0 aliphatic carbocycles. The van der Waals surface area contributed by atoms with Crippen LogP contribution in [-0.2, 0) is 25.7 Å². The van der Waals surface area contributed by atoms with Crippen LogP contribution in [0.3, 0.4) is 0 Å². The zero-order chi connectivity index (χ0) is 25.8. The van der Waals surface area contributed by atoms with Crippen LogP contribution in [0.2, 0.25) is 0 Å². The average molecular weight is 525 g/mol. The lowest BCUT2D eigenvalue weighted by Gasteiger charge is -2.35. The SMILES string of the molecule is O=C1OCCCC/C=C\[C@@H]2S[C@]34C=CCN(Cc5ccccc5)C(=O)C3N(CCCCCO)C(=O)[C@@H]4[C@H]12. The maximum atomic E-state index is 14.3. The van der Waals surface area contributed by atoms with E-state index >= 15 is 0 Å². The third-order valence-electron chi connectivity index (χ3n) is 7.96. The smallest absolute Gasteiger partial charge is 0.311 e. The Labute approximate surface area is 222 Å². The van der Waals surface area contributed by atoms with E-state index in [2.05, 4.69) is 18.2 Å². The summed E-state index contributed by atoms with van der Waals surface area (Å²) in [6.45, 7) is 1.83. The van der Waals surface area contributed by atoms with Crippen molar-refractivity contribution in [3.8, 4) is 0 Å². The first-order valence-corrected chi connectivity index (χ1v) is 14.4. The highest BCUT2D eigenvalue weighted by Gasteiger charge is 2.70. The molecule has 0 saturated carbocycles. The molecule has 2 saturated heterocycles. The zero-order valence-corrected chi connectivity index (χ0v) is 22.0. The van der Waals surface area contributed by atoms with Crippen LogP contribution >= 0.6 is 11.8 Å². The van der Waals surface area contributed by atoms with Gasteiger partial charge in [-0.1, -0.05) is 54.6 Å². The lowest BCUT2D eigenvalue weighted by atomic mass is 9.78. The molecule has 8 heteroatoms. The molecule has 1 unspecified atom stereocenters. The quantitative estimate of drug-likeness (QED) is 0.335. The highest BCUT2D eigenvalue weighted by atomic mass is 32.2. The number of amides is 2. The maximum absolute atomic E-state index is 14.3. The fourth-order valence-electron chi connectivity index (χ4n) is 6.22. The number of hydrogen-bond donors (Lipinski definition) is 1. The van der Waals surface area contributed by atoms with E-state index in [1.807, 2.05) is 41.3 Å². The summed E-state index contributed by atoms with van der Waals surface area (Å²) in [6, 6.07) is 9.21. The number of thioether (sulfide) groups is 1. The van der Waals surface area contributed by atoms with E-state index in [1.54, 1.807) is 16.7 Å². The van der Waals surface area contributed by atoms with Crippen molar-refractivity contribution in [2.45, 2.75) is 61.1 Å². The summed E-state index contributed by atoms with van der Waals surface area (Å²) >= 11 is 1.59. The number of carbonyl (C=O) groups excluding carboxylic acids is 3. The fraction of sp³-hybridized carbons (Fsp3) is 0.552. The average Bonchev–Trinajstić information content (AvgIpc) is 3.29. The molecule has 37 heavy (non-hydrogen) atoms. The number of hydrogen-bond acceptors (Lipinski definition) is 6. The third kappa shape index (κ3) is 4.98. The van der Waals surface area contributed by atoms with Crippen molar-refractivity contribution in [1.29, 1.82) is 0 Å². The molecule has 2 amide bonds. The molecule has 1 N–H and O–H groups in total. The Balaban J connectivity index is 1.52. The standard InChI is InChI=1S/C29H36N2O5S/c32-18-9-4-8-17-31-25-27(34)30(20-21-12-5-3-6-13-21)16-11-15-29(25)24(26(31)33)23-22(37-29)14-7-1-2-10-19-36-28(23)35/h3,5-7,11-15,22-25,32H,1-2,4,8-10,16-20H2/b14-7-/t22-,23+,24-,25?,29-/m0/s1. The van der Waals surface area contributed by atoms with Gasteiger partial charge in [-0.05, 0) is 44.1 Å². The van der Waals surface area contributed by atoms with Crippen LogP contribution in [0, 0.1) is 11.8 Å². The zero-order valence-electron chi connectivity index (χ0n) is 21.2. The van der Waals surface area contributed by atoms with Gasteiger partial charge in [0.15, 0.2) is 0 Å². The molecule has 2 fully saturated rings. The molecule has 0 bridgehead atoms. The molecule has 1 aromatic rings. The van der Waals surface area contributed by atoms with Gasteiger partial charge in [0, 0.05) is 31.5 Å². The van der Waals surface area contributed by atoms with E-state index in [0.29, 0.717) is 39.1 Å². The number of likely N-dealkylation sites (tertiary alicyclic amines) is 1. The van der Waals surface area contributed by atoms with Crippen LogP contribution in [0.5, 0.6) is 0 Å². The normalized spacial score (nSPS) is 32.4. The number of nitrogens with zero attached hydrogens (tertiary/aromatic N) is 2. The highest BCUT2D eigenvalue weighted by Crippen LogP contribution is 2.60. The van der Waals surface area contributed by atoms with Crippen LogP contribution in [0.25, 0.3) is 0 Å². The third-order valence-corrected chi connectivity index (χ3v) is 9.70. The summed E-state index contributed by atoms with van der Waals surface area (Å²) in [5.74, 6) is -1.78. The number of aliphatic hydroxyl groups is 1. The molecular weight excluding hydrogens is 488 g/mol. The molecule has 1 spiro atoms. The van der Waals surface area contributed by atoms with Gasteiger partial charge in [-0.2, -0.15) is 0 Å². The summed E-state index contributed by atoms with van der Waals surface area (Å²) in [5, 5.41) is 9.01. The van der Waals surface area contributed by atoms with E-state index in [1.165, 1.54) is 0 Å². The Bertz CT molecular complexity index is 1060. The predicted octanol–water partition coefficient (Wildman–Crippen LogP) is 3.33. The van der Waals surface area contributed by atoms with Gasteiger partial charge in [0.1, 0.15) is 6.04 Å². The predicted molar refractivity (Wildman–Crippen MR) is 142 cm³/mol. The Morgan fingerprint density at radius 1 is 1.03 bits per heavy atom. The maximum Gasteiger partial charge on any atom is 0.311 e. The molecule has 4 aliphatic rings. The van der Waals surface area contributed by atoms with Crippen molar-refractivity contribution in [1.82, 2.24) is 9.80 Å². The van der Waals surface area contributed by atoms with Gasteiger partial charge in [0.25, 0.3) is 0 Å². The van der Waals surface area contributed by atoms with Gasteiger partial charge < -0.3 is 19.6 Å². The van der Waals surface area contributed by atoms with Crippen LogP contribution in [0.15, 0.2) is 54.6 Å². The first-order chi connectivity index (χ1) is 18.1. The number of benzene rings is 1. The van der Waals surface area contributed by atoms with Gasteiger partial charge in [-0.25, -0.2) is 0 Å². The first-order valence-electron chi connectivity index (χ1n) is 13.5. The minimum absolute atomic E-state index is 0.0691. The van der Waals surface area contributed by atoms with Gasteiger partial charge in [-0.15, -0.1) is 11.8 Å². The highest BCUT2D eigenvalue weighted by molar-refractivity contribution is 8.02. The van der Waals surface area contributed by atoms with Gasteiger partial charge in [0.05, 0.1) is 23.2 Å². The number of allylic oxidation sites excluding steroid dienone is 1. The molecule has 0 radical (unpaired) electrons. The van der Waals surface area contributed by atoms with Gasteiger partial charge in [-0.3, -0.25) is 14.4 Å². The lowest BCUT2D eigenvalue weighted by molar-refractivity contribution is -0.153. The monoisotopic (exact) mass is 524 g/mol. The van der Waals surface area contributed by atoms with E-state index < -0.39 is 22.6 Å². The first kappa shape index (κ1) is 26.0. The number of aliphatic hydroxyl groups excluding tert-OH is 1. The largest absolute Gasteiger partial charge is 0.465 e. The van der Waals surface area contributed by atoms with Crippen molar-refractivity contribution in [3.05, 3.63) is 60.2 Å². The van der Waals surface area contributed by atoms with Crippen LogP contribution in [-0.4, -0.2) is 75.0 Å². The van der Waals surface area contributed by atoms with Gasteiger partial charge >= 0.3 is 5.97 Å². The molecule has 5 atom stereocenters. The summed E-state index contributed by atoms with van der Waals surface area (Å²) in [4.78, 5) is 45.3. The van der Waals surface area contributed by atoms with Crippen LogP contribution < -0.4 is 0 Å². The number of cyclic esters (lactones) is 1. The number of esters is 1. The lowest BCUT2D eigenvalue weighted by Crippen LogP contribution is -2.53. The number of rotatable bonds is 7. The Hall–Kier alpha value is -2.58. The Kier molecular flexibility index (Phi) is 8.05. The Morgan fingerprint density at radius 3 is 2.68 bits per heavy atom. The molecule has 5 rings (SSSR count). The van der Waals surface area contributed by atoms with E-state index in [-0.39, 0.29) is 29.6 Å².